The Balaban J connectivity index is 1.55. The van der Waals surface area contributed by atoms with E-state index in [1.165, 1.54) is 79.9 Å². The molecule has 3 N–H and O–H groups in total. The SMILES string of the molecule is CC[C@H](C)[C@@H]1NC(=O)[C@H](CC(C)C)N(C)C(=O)C[C@@H](C)N(C)C(=O)[C@H](C(C)C)N(C)C(=O)C2(CCCC2)NC(=O)C2CCCN2C(=O)[C@H](CCc2ccc(C(F)(F)F)c(Cl)c2)NC(=O)CN(C)C(=O)[C@H](CCC2CCC2)N(C)C(=O)CN(C)C(=O)CN(C)C1=O. The molecule has 22 nitrogen and oxygen atoms in total. The van der Waals surface area contributed by atoms with Gasteiger partial charge in [0.05, 0.1) is 30.2 Å². The highest BCUT2D eigenvalue weighted by molar-refractivity contribution is 6.31. The molecule has 1 unspecified atom stereocenters. The second-order valence-electron chi connectivity index (χ2n) is 26.6. The zero-order chi connectivity index (χ0) is 67.4. The molecule has 2 aliphatic heterocycles. The minimum atomic E-state index is -4.74. The number of aryl methyl sites for hydroxylation is 1. The molecule has 0 radical (unpaired) electrons. The predicted octanol–water partition coefficient (Wildman–Crippen LogP) is 5.12. The molecule has 0 aromatic heterocycles. The van der Waals surface area contributed by atoms with Gasteiger partial charge in [0, 0.05) is 68.3 Å². The zero-order valence-electron chi connectivity index (χ0n) is 55.3. The van der Waals surface area contributed by atoms with Crippen molar-refractivity contribution in [3.8, 4) is 0 Å². The van der Waals surface area contributed by atoms with Gasteiger partial charge in [-0.15, -0.1) is 0 Å². The van der Waals surface area contributed by atoms with Crippen LogP contribution in [0.1, 0.15) is 156 Å². The van der Waals surface area contributed by atoms with E-state index in [0.29, 0.717) is 43.6 Å². The number of likely N-dealkylation sites (N-methyl/N-ethyl adjacent to an activating group) is 7. The van der Waals surface area contributed by atoms with E-state index in [0.717, 1.165) is 46.1 Å². The maximum absolute atomic E-state index is 15.1. The third-order valence-electron chi connectivity index (χ3n) is 19.0. The van der Waals surface area contributed by atoms with Crippen LogP contribution in [0.3, 0.4) is 0 Å². The standard InChI is InChI=1S/C64H99ClF3N11O11/c1-15-40(6)54-60(88)74(10)36-52(82)72(8)37-53(83)76(12)48(28-25-42-20-18-21-42)59(87)73(9)35-50(80)69-46(27-24-43-23-26-44(45(65)34-43)64(66,67)68)58(86)79-31-19-22-47(79)57(85)71-63(29-16-17-30-63)62(90)78(14)55(39(4)5)61(89)75(11)41(7)33-51(81)77(13)49(32-38(2)3)56(84)70-54/h23,26,34,38-42,46-49,54-55H,15-22,24-25,27-33,35-37H2,1-14H3,(H,69,80)(H,70,84)(H,71,85)/t40-,41+,46-,47?,48-,49-,54-,55-/m0/s1. The molecule has 90 heavy (non-hydrogen) atoms. The smallest absolute Gasteiger partial charge is 0.343 e. The van der Waals surface area contributed by atoms with Gasteiger partial charge in [-0.3, -0.25) is 52.7 Å². The summed E-state index contributed by atoms with van der Waals surface area (Å²) < 4.78 is 41.3. The number of amides is 11. The lowest BCUT2D eigenvalue weighted by atomic mass is 9.81. The monoisotopic (exact) mass is 1290 g/mol. The van der Waals surface area contributed by atoms with Gasteiger partial charge in [0.15, 0.2) is 0 Å². The first-order chi connectivity index (χ1) is 42.0. The summed E-state index contributed by atoms with van der Waals surface area (Å²) in [6.07, 6.45) is 1.13. The fourth-order valence-electron chi connectivity index (χ4n) is 12.7. The van der Waals surface area contributed by atoms with Gasteiger partial charge in [-0.1, -0.05) is 97.7 Å². The van der Waals surface area contributed by atoms with Crippen LogP contribution in [0.5, 0.6) is 0 Å². The minimum Gasteiger partial charge on any atom is -0.343 e. The van der Waals surface area contributed by atoms with Crippen molar-refractivity contribution in [1.29, 1.82) is 0 Å². The summed E-state index contributed by atoms with van der Waals surface area (Å²) in [5.41, 5.74) is -2.25. The van der Waals surface area contributed by atoms with Crippen LogP contribution in [-0.4, -0.2) is 228 Å². The Kier molecular flexibility index (Phi) is 26.5. The molecule has 4 fully saturated rings. The van der Waals surface area contributed by atoms with E-state index < -0.39 is 161 Å². The molecule has 5 rings (SSSR count). The zero-order valence-corrected chi connectivity index (χ0v) is 56.1. The van der Waals surface area contributed by atoms with Crippen LogP contribution < -0.4 is 16.0 Å². The van der Waals surface area contributed by atoms with Crippen molar-refractivity contribution < 1.29 is 65.9 Å². The van der Waals surface area contributed by atoms with Crippen molar-refractivity contribution in [2.24, 2.45) is 23.7 Å². The highest BCUT2D eigenvalue weighted by Gasteiger charge is 2.50. The summed E-state index contributed by atoms with van der Waals surface area (Å²) in [4.78, 5) is 170. The van der Waals surface area contributed by atoms with Gasteiger partial charge in [-0.05, 0) is 106 Å². The number of hydrogen-bond donors (Lipinski definition) is 3. The van der Waals surface area contributed by atoms with Gasteiger partial charge < -0.3 is 55.1 Å². The number of benzene rings is 1. The van der Waals surface area contributed by atoms with Crippen LogP contribution in [0.25, 0.3) is 0 Å². The molecule has 2 saturated heterocycles. The highest BCUT2D eigenvalue weighted by Crippen LogP contribution is 2.37. The van der Waals surface area contributed by atoms with Gasteiger partial charge >= 0.3 is 6.18 Å². The van der Waals surface area contributed by atoms with Crippen LogP contribution >= 0.6 is 11.6 Å². The van der Waals surface area contributed by atoms with Crippen molar-refractivity contribution in [1.82, 2.24) is 55.1 Å². The van der Waals surface area contributed by atoms with E-state index in [1.54, 1.807) is 27.7 Å². The Morgan fingerprint density at radius 3 is 1.82 bits per heavy atom. The molecule has 504 valence electrons. The highest BCUT2D eigenvalue weighted by atomic mass is 35.5. The number of halogens is 4. The lowest BCUT2D eigenvalue weighted by molar-refractivity contribution is -0.152. The lowest BCUT2D eigenvalue weighted by Gasteiger charge is -2.41. The van der Waals surface area contributed by atoms with E-state index in [9.17, 15) is 61.1 Å². The number of carbonyl (C=O) groups is 11. The number of nitrogens with zero attached hydrogens (tertiary/aromatic N) is 8. The minimum absolute atomic E-state index is 0.0598. The quantitative estimate of drug-likeness (QED) is 0.263. The van der Waals surface area contributed by atoms with Crippen molar-refractivity contribution >= 4 is 76.6 Å². The van der Waals surface area contributed by atoms with E-state index in [2.05, 4.69) is 16.0 Å². The van der Waals surface area contributed by atoms with Crippen LogP contribution in [0.2, 0.25) is 5.02 Å². The van der Waals surface area contributed by atoms with Gasteiger partial charge in [-0.2, -0.15) is 13.2 Å². The topological polar surface area (TPSA) is 250 Å². The number of nitrogens with one attached hydrogen (secondary N) is 3. The first kappa shape index (κ1) is 74.2. The van der Waals surface area contributed by atoms with Gasteiger partial charge in [-0.25, -0.2) is 0 Å². The number of fused-ring (bicyclic) bond motifs is 1. The first-order valence-electron chi connectivity index (χ1n) is 31.9. The Hall–Kier alpha value is -6.53. The molecule has 1 aromatic carbocycles. The Labute approximate surface area is 534 Å². The third kappa shape index (κ3) is 18.6. The van der Waals surface area contributed by atoms with Gasteiger partial charge in [0.25, 0.3) is 0 Å². The molecule has 2 saturated carbocycles. The van der Waals surface area contributed by atoms with Gasteiger partial charge in [0.1, 0.15) is 41.8 Å². The van der Waals surface area contributed by atoms with Crippen LogP contribution in [0.15, 0.2) is 18.2 Å². The number of hydrogen-bond acceptors (Lipinski definition) is 11. The average molecular weight is 1290 g/mol. The predicted molar refractivity (Wildman–Crippen MR) is 332 cm³/mol. The summed E-state index contributed by atoms with van der Waals surface area (Å²) in [5.74, 6) is -7.43. The summed E-state index contributed by atoms with van der Waals surface area (Å²) in [6.45, 7) is 11.1. The molecule has 2 aliphatic carbocycles. The number of rotatable bonds is 11. The van der Waals surface area contributed by atoms with Crippen LogP contribution in [-0.2, 0) is 65.3 Å². The maximum atomic E-state index is 15.1. The molecule has 1 aromatic rings. The normalized spacial score (nSPS) is 26.2. The average Bonchev–Trinajstić information content (AvgIpc) is 1.50. The second-order valence-corrected chi connectivity index (χ2v) is 27.0. The summed E-state index contributed by atoms with van der Waals surface area (Å²) >= 11 is 6.11. The molecular weight excluding hydrogens is 1190 g/mol. The number of carbonyl (C=O) groups excluding carboxylic acids is 11. The molecular formula is C64H99ClF3N11O11. The lowest BCUT2D eigenvalue weighted by Crippen LogP contribution is -2.64. The van der Waals surface area contributed by atoms with Crippen molar-refractivity contribution in [3.63, 3.8) is 0 Å². The fraction of sp³-hybridized carbons (Fsp3) is 0.734. The molecule has 26 heteroatoms. The summed E-state index contributed by atoms with van der Waals surface area (Å²) in [7, 11) is 10.1. The fourth-order valence-corrected chi connectivity index (χ4v) is 13.0. The molecule has 8 atom stereocenters. The molecule has 1 spiro atoms. The van der Waals surface area contributed by atoms with E-state index in [1.807, 2.05) is 20.8 Å². The molecule has 2 heterocycles. The van der Waals surface area contributed by atoms with Crippen molar-refractivity contribution in [3.05, 3.63) is 34.3 Å². The van der Waals surface area contributed by atoms with Gasteiger partial charge in [0.2, 0.25) is 65.0 Å². The maximum Gasteiger partial charge on any atom is 0.417 e. The van der Waals surface area contributed by atoms with E-state index >= 15 is 4.79 Å². The van der Waals surface area contributed by atoms with E-state index in [-0.39, 0.29) is 63.8 Å². The first-order valence-corrected chi connectivity index (χ1v) is 32.3. The van der Waals surface area contributed by atoms with Crippen LogP contribution in [0, 0.1) is 23.7 Å². The molecule has 11 amide bonds. The Morgan fingerprint density at radius 2 is 1.26 bits per heavy atom. The van der Waals surface area contributed by atoms with Crippen LogP contribution in [0.4, 0.5) is 13.2 Å². The second kappa shape index (κ2) is 32.2. The van der Waals surface area contributed by atoms with E-state index in [4.69, 9.17) is 11.6 Å². The third-order valence-corrected chi connectivity index (χ3v) is 19.3. The van der Waals surface area contributed by atoms with Crippen molar-refractivity contribution in [2.45, 2.75) is 205 Å². The summed E-state index contributed by atoms with van der Waals surface area (Å²) in [5, 5.41) is 8.07. The van der Waals surface area contributed by atoms with Crippen molar-refractivity contribution in [2.75, 3.05) is 75.5 Å². The molecule has 0 bridgehead atoms. The Bertz CT molecular complexity index is 2780. The largest absolute Gasteiger partial charge is 0.417 e. The Morgan fingerprint density at radius 1 is 0.644 bits per heavy atom. The number of alkyl halides is 3. The summed E-state index contributed by atoms with van der Waals surface area (Å²) in [6, 6.07) is -4.52. The molecule has 4 aliphatic rings.